The molecule has 1 aromatic rings. The smallest absolute Gasteiger partial charge is 0.123 e. The van der Waals surface area contributed by atoms with E-state index in [0.29, 0.717) is 19.6 Å². The molecule has 0 unspecified atom stereocenters. The third kappa shape index (κ3) is 3.47. The van der Waals surface area contributed by atoms with Crippen LogP contribution in [0.4, 0.5) is 4.39 Å². The first-order valence-corrected chi connectivity index (χ1v) is 6.97. The molecule has 0 spiro atoms. The predicted molar refractivity (Wildman–Crippen MR) is 67.2 cm³/mol. The highest BCUT2D eigenvalue weighted by Gasteiger charge is 2.25. The Kier molecular flexibility index (Phi) is 4.48. The number of rotatable bonds is 4. The number of thiazole rings is 1. The van der Waals surface area contributed by atoms with Gasteiger partial charge in [0.2, 0.25) is 0 Å². The lowest BCUT2D eigenvalue weighted by Crippen LogP contribution is -2.41. The van der Waals surface area contributed by atoms with Crippen LogP contribution < -0.4 is 0 Å². The molecule has 2 rings (SSSR count). The summed E-state index contributed by atoms with van der Waals surface area (Å²) in [5, 5.41) is 3.04. The Morgan fingerprint density at radius 1 is 1.71 bits per heavy atom. The van der Waals surface area contributed by atoms with Crippen molar-refractivity contribution >= 4 is 11.3 Å². The van der Waals surface area contributed by atoms with Crippen LogP contribution in [-0.4, -0.2) is 42.3 Å². The number of aromatic nitrogens is 1. The minimum atomic E-state index is -0.730. The van der Waals surface area contributed by atoms with Gasteiger partial charge in [-0.1, -0.05) is 6.92 Å². The van der Waals surface area contributed by atoms with Crippen molar-refractivity contribution in [1.29, 1.82) is 0 Å². The average molecular weight is 258 g/mol. The van der Waals surface area contributed by atoms with Gasteiger partial charge in [0.05, 0.1) is 6.61 Å². The van der Waals surface area contributed by atoms with Gasteiger partial charge in [-0.25, -0.2) is 9.37 Å². The predicted octanol–water partition coefficient (Wildman–Crippen LogP) is 2.57. The van der Waals surface area contributed by atoms with E-state index < -0.39 is 6.17 Å². The summed E-state index contributed by atoms with van der Waals surface area (Å²) in [4.78, 5) is 6.58. The van der Waals surface area contributed by atoms with Crippen molar-refractivity contribution in [2.24, 2.45) is 0 Å². The highest BCUT2D eigenvalue weighted by molar-refractivity contribution is 7.09. The van der Waals surface area contributed by atoms with Crippen molar-refractivity contribution in [3.05, 3.63) is 16.1 Å². The quantitative estimate of drug-likeness (QED) is 0.830. The fourth-order valence-corrected chi connectivity index (χ4v) is 2.78. The van der Waals surface area contributed by atoms with Crippen molar-refractivity contribution in [2.75, 3.05) is 26.2 Å². The van der Waals surface area contributed by atoms with Crippen LogP contribution in [-0.2, 0) is 4.74 Å². The SMILES string of the molecule is CC[C@H](F)CN1CCO[C@@H](c2nc(C)cs2)C1. The second kappa shape index (κ2) is 5.89. The molecule has 1 aromatic heterocycles. The van der Waals surface area contributed by atoms with Gasteiger partial charge in [0.1, 0.15) is 17.3 Å². The Labute approximate surface area is 106 Å². The molecule has 0 aliphatic carbocycles. The second-order valence-corrected chi connectivity index (χ2v) is 5.34. The molecule has 1 aliphatic rings. The molecule has 2 atom stereocenters. The molecule has 1 fully saturated rings. The van der Waals surface area contributed by atoms with E-state index in [4.69, 9.17) is 4.74 Å². The Morgan fingerprint density at radius 3 is 3.18 bits per heavy atom. The lowest BCUT2D eigenvalue weighted by molar-refractivity contribution is -0.0364. The maximum absolute atomic E-state index is 13.4. The van der Waals surface area contributed by atoms with E-state index in [1.54, 1.807) is 11.3 Å². The molecule has 0 aromatic carbocycles. The molecule has 1 saturated heterocycles. The van der Waals surface area contributed by atoms with E-state index in [1.807, 2.05) is 19.2 Å². The third-order valence-corrected chi connectivity index (χ3v) is 4.02. The fourth-order valence-electron chi connectivity index (χ4n) is 1.95. The molecule has 1 aliphatic heterocycles. The summed E-state index contributed by atoms with van der Waals surface area (Å²) >= 11 is 1.63. The van der Waals surface area contributed by atoms with E-state index in [2.05, 4.69) is 9.88 Å². The zero-order valence-electron chi connectivity index (χ0n) is 10.4. The van der Waals surface area contributed by atoms with Crippen LogP contribution in [0, 0.1) is 6.92 Å². The van der Waals surface area contributed by atoms with E-state index >= 15 is 0 Å². The van der Waals surface area contributed by atoms with Gasteiger partial charge >= 0.3 is 0 Å². The number of ether oxygens (including phenoxy) is 1. The highest BCUT2D eigenvalue weighted by atomic mass is 32.1. The summed E-state index contributed by atoms with van der Waals surface area (Å²) in [5.74, 6) is 0. The molecule has 5 heteroatoms. The number of morpholine rings is 1. The van der Waals surface area contributed by atoms with Gasteiger partial charge in [-0.15, -0.1) is 11.3 Å². The van der Waals surface area contributed by atoms with Crippen LogP contribution in [0.3, 0.4) is 0 Å². The molecule has 0 N–H and O–H groups in total. The van der Waals surface area contributed by atoms with E-state index in [-0.39, 0.29) is 6.10 Å². The molecule has 3 nitrogen and oxygen atoms in total. The van der Waals surface area contributed by atoms with Gasteiger partial charge in [-0.2, -0.15) is 0 Å². The Bertz CT molecular complexity index is 358. The summed E-state index contributed by atoms with van der Waals surface area (Å²) in [7, 11) is 0. The average Bonchev–Trinajstić information content (AvgIpc) is 2.76. The molecule has 0 bridgehead atoms. The first-order chi connectivity index (χ1) is 8.19. The molecule has 0 amide bonds. The first-order valence-electron chi connectivity index (χ1n) is 6.09. The molecular weight excluding hydrogens is 239 g/mol. The van der Waals surface area contributed by atoms with Crippen LogP contribution in [0.5, 0.6) is 0 Å². The number of halogens is 1. The van der Waals surface area contributed by atoms with Crippen LogP contribution in [0.2, 0.25) is 0 Å². The Morgan fingerprint density at radius 2 is 2.53 bits per heavy atom. The second-order valence-electron chi connectivity index (χ2n) is 4.45. The third-order valence-electron chi connectivity index (χ3n) is 2.96. The van der Waals surface area contributed by atoms with Gasteiger partial charge in [0, 0.05) is 30.7 Å². The lowest BCUT2D eigenvalue weighted by Gasteiger charge is -2.32. The summed E-state index contributed by atoms with van der Waals surface area (Å²) in [5.41, 5.74) is 1.03. The van der Waals surface area contributed by atoms with E-state index in [0.717, 1.165) is 23.8 Å². The minimum Gasteiger partial charge on any atom is -0.368 e. The molecule has 0 saturated carbocycles. The Balaban J connectivity index is 1.93. The van der Waals surface area contributed by atoms with Gasteiger partial charge < -0.3 is 4.74 Å². The van der Waals surface area contributed by atoms with Crippen molar-refractivity contribution in [3.8, 4) is 0 Å². The van der Waals surface area contributed by atoms with E-state index in [9.17, 15) is 4.39 Å². The monoisotopic (exact) mass is 258 g/mol. The number of hydrogen-bond donors (Lipinski definition) is 0. The van der Waals surface area contributed by atoms with Crippen LogP contribution in [0.15, 0.2) is 5.38 Å². The van der Waals surface area contributed by atoms with E-state index in [1.165, 1.54) is 0 Å². The molecule has 0 radical (unpaired) electrons. The van der Waals surface area contributed by atoms with Crippen LogP contribution in [0.25, 0.3) is 0 Å². The standard InChI is InChI=1S/C12H19FN2OS/c1-3-10(13)6-15-4-5-16-11(7-15)12-14-9(2)8-17-12/h8,10-11H,3-7H2,1-2H3/t10-,11+/m0/s1. The molecular formula is C12H19FN2OS. The zero-order valence-corrected chi connectivity index (χ0v) is 11.2. The number of hydrogen-bond acceptors (Lipinski definition) is 4. The summed E-state index contributed by atoms with van der Waals surface area (Å²) in [6.45, 7) is 6.62. The van der Waals surface area contributed by atoms with Gasteiger partial charge in [0.15, 0.2) is 0 Å². The van der Waals surface area contributed by atoms with Gasteiger partial charge in [-0.05, 0) is 13.3 Å². The van der Waals surface area contributed by atoms with Crippen molar-refractivity contribution in [1.82, 2.24) is 9.88 Å². The highest BCUT2D eigenvalue weighted by Crippen LogP contribution is 2.25. The van der Waals surface area contributed by atoms with Crippen molar-refractivity contribution < 1.29 is 9.13 Å². The first kappa shape index (κ1) is 12.9. The maximum Gasteiger partial charge on any atom is 0.123 e. The van der Waals surface area contributed by atoms with Gasteiger partial charge in [-0.3, -0.25) is 4.90 Å². The van der Waals surface area contributed by atoms with Crippen molar-refractivity contribution in [2.45, 2.75) is 32.5 Å². The lowest BCUT2D eigenvalue weighted by atomic mass is 10.2. The van der Waals surface area contributed by atoms with Gasteiger partial charge in [0.25, 0.3) is 0 Å². The summed E-state index contributed by atoms with van der Waals surface area (Å²) in [6.07, 6.45) is -0.128. The zero-order chi connectivity index (χ0) is 12.3. The molecule has 96 valence electrons. The topological polar surface area (TPSA) is 25.4 Å². The largest absolute Gasteiger partial charge is 0.368 e. The van der Waals surface area contributed by atoms with Crippen LogP contribution >= 0.6 is 11.3 Å². The van der Waals surface area contributed by atoms with Crippen LogP contribution in [0.1, 0.15) is 30.2 Å². The molecule has 17 heavy (non-hydrogen) atoms. The molecule has 2 heterocycles. The number of aryl methyl sites for hydroxylation is 1. The van der Waals surface area contributed by atoms with Crippen molar-refractivity contribution in [3.63, 3.8) is 0 Å². The minimum absolute atomic E-state index is 0.0199. The normalized spacial score (nSPS) is 23.8. The number of nitrogens with zero attached hydrogens (tertiary/aromatic N) is 2. The Hall–Kier alpha value is -0.520. The number of alkyl halides is 1. The fraction of sp³-hybridized carbons (Fsp3) is 0.750. The summed E-state index contributed by atoms with van der Waals surface area (Å²) < 4.78 is 19.1. The summed E-state index contributed by atoms with van der Waals surface area (Å²) in [6, 6.07) is 0. The maximum atomic E-state index is 13.4.